The van der Waals surface area contributed by atoms with Crippen molar-refractivity contribution in [3.8, 4) is 11.5 Å². The molecular formula is C23H26F2N8O3S. The number of ether oxygens (including phenoxy) is 1. The van der Waals surface area contributed by atoms with Crippen molar-refractivity contribution in [2.75, 3.05) is 17.2 Å². The molecule has 1 aliphatic heterocycles. The number of hydrogen-bond acceptors (Lipinski definition) is 8. The van der Waals surface area contributed by atoms with E-state index in [0.29, 0.717) is 36.2 Å². The number of anilines is 2. The van der Waals surface area contributed by atoms with Crippen LogP contribution >= 0.6 is 11.3 Å². The normalized spacial score (nSPS) is 17.1. The molecule has 14 heteroatoms. The molecule has 1 fully saturated rings. The number of amides is 3. The zero-order valence-corrected chi connectivity index (χ0v) is 21.3. The highest BCUT2D eigenvalue weighted by Crippen LogP contribution is 2.46. The molecule has 37 heavy (non-hydrogen) atoms. The number of nitrogens with one attached hydrogen (secondary N) is 2. The van der Waals surface area contributed by atoms with Gasteiger partial charge in [0.2, 0.25) is 0 Å². The van der Waals surface area contributed by atoms with Gasteiger partial charge in [-0.05, 0) is 32.9 Å². The van der Waals surface area contributed by atoms with Crippen molar-refractivity contribution < 1.29 is 23.1 Å². The van der Waals surface area contributed by atoms with E-state index < -0.39 is 23.6 Å². The number of aromatic nitrogens is 5. The van der Waals surface area contributed by atoms with Gasteiger partial charge in [0.15, 0.2) is 11.0 Å². The lowest BCUT2D eigenvalue weighted by molar-refractivity contribution is -0.103. The maximum absolute atomic E-state index is 13.3. The molecule has 196 valence electrons. The lowest BCUT2D eigenvalue weighted by atomic mass is 9.88. The minimum atomic E-state index is -2.68. The van der Waals surface area contributed by atoms with Crippen LogP contribution in [0, 0.1) is 0 Å². The van der Waals surface area contributed by atoms with Crippen LogP contribution in [0.2, 0.25) is 0 Å². The number of hydrogen-bond donors (Lipinski definition) is 2. The van der Waals surface area contributed by atoms with Gasteiger partial charge >= 0.3 is 12.1 Å². The second-order valence-corrected chi connectivity index (χ2v) is 11.1. The van der Waals surface area contributed by atoms with Crippen molar-refractivity contribution in [2.45, 2.75) is 64.1 Å². The summed E-state index contributed by atoms with van der Waals surface area (Å²) in [6, 6.07) is 4.02. The van der Waals surface area contributed by atoms with Crippen molar-refractivity contribution in [3.63, 3.8) is 0 Å². The van der Waals surface area contributed by atoms with E-state index >= 15 is 0 Å². The average molecular weight is 533 g/mol. The molecule has 1 aliphatic carbocycles. The fourth-order valence-corrected chi connectivity index (χ4v) is 5.14. The van der Waals surface area contributed by atoms with Gasteiger partial charge in [-0.15, -0.1) is 10.2 Å². The topological polar surface area (TPSA) is 127 Å². The molecule has 3 amide bonds. The summed E-state index contributed by atoms with van der Waals surface area (Å²) in [4.78, 5) is 36.4. The number of pyridine rings is 1. The SMILES string of the molecule is CC(C)(C)OC(=O)N1CCc2nc(NC(=O)Nc3cccc(-c4nncn4C4CC(F)(F)C4)n3)sc2C1. The Kier molecular flexibility index (Phi) is 6.30. The first-order valence-corrected chi connectivity index (χ1v) is 12.6. The van der Waals surface area contributed by atoms with E-state index in [0.717, 1.165) is 10.6 Å². The van der Waals surface area contributed by atoms with E-state index in [9.17, 15) is 18.4 Å². The fraction of sp³-hybridized carbons (Fsp3) is 0.478. The van der Waals surface area contributed by atoms with Crippen LogP contribution in [0.5, 0.6) is 0 Å². The minimum absolute atomic E-state index is 0.251. The van der Waals surface area contributed by atoms with Gasteiger partial charge in [-0.1, -0.05) is 17.4 Å². The number of urea groups is 1. The van der Waals surface area contributed by atoms with Crippen LogP contribution < -0.4 is 10.6 Å². The number of nitrogens with zero attached hydrogens (tertiary/aromatic N) is 6. The lowest BCUT2D eigenvalue weighted by Gasteiger charge is -2.35. The predicted octanol–water partition coefficient (Wildman–Crippen LogP) is 4.70. The second kappa shape index (κ2) is 9.32. The minimum Gasteiger partial charge on any atom is -0.444 e. The Morgan fingerprint density at radius 1 is 1.19 bits per heavy atom. The Morgan fingerprint density at radius 3 is 2.70 bits per heavy atom. The second-order valence-electron chi connectivity index (χ2n) is 10.0. The first-order chi connectivity index (χ1) is 17.5. The quantitative estimate of drug-likeness (QED) is 0.498. The summed E-state index contributed by atoms with van der Waals surface area (Å²) < 4.78 is 33.7. The van der Waals surface area contributed by atoms with Gasteiger partial charge in [0.1, 0.15) is 23.4 Å². The summed E-state index contributed by atoms with van der Waals surface area (Å²) in [5.74, 6) is -2.07. The molecule has 11 nitrogen and oxygen atoms in total. The zero-order valence-electron chi connectivity index (χ0n) is 20.5. The van der Waals surface area contributed by atoms with Gasteiger partial charge in [-0.3, -0.25) is 10.6 Å². The van der Waals surface area contributed by atoms with Gasteiger partial charge < -0.3 is 14.2 Å². The van der Waals surface area contributed by atoms with Crippen molar-refractivity contribution in [2.24, 2.45) is 0 Å². The number of thiazole rings is 1. The van der Waals surface area contributed by atoms with Crippen LogP contribution in [0.15, 0.2) is 24.5 Å². The third-order valence-electron chi connectivity index (χ3n) is 5.86. The Bertz CT molecular complexity index is 1330. The number of carbonyl (C=O) groups excluding carboxylic acids is 2. The largest absolute Gasteiger partial charge is 0.444 e. The summed E-state index contributed by atoms with van der Waals surface area (Å²) in [5, 5.41) is 13.6. The molecule has 2 aliphatic rings. The van der Waals surface area contributed by atoms with E-state index in [1.54, 1.807) is 27.7 Å². The van der Waals surface area contributed by atoms with Crippen molar-refractivity contribution in [1.82, 2.24) is 29.6 Å². The predicted molar refractivity (Wildman–Crippen MR) is 132 cm³/mol. The molecule has 2 N–H and O–H groups in total. The average Bonchev–Trinajstić information content (AvgIpc) is 3.42. The fourth-order valence-electron chi connectivity index (χ4n) is 4.12. The van der Waals surface area contributed by atoms with Crippen LogP contribution in [0.25, 0.3) is 11.5 Å². The highest BCUT2D eigenvalue weighted by atomic mass is 32.1. The van der Waals surface area contributed by atoms with Gasteiger partial charge in [0.25, 0.3) is 5.92 Å². The smallest absolute Gasteiger partial charge is 0.410 e. The molecule has 0 atom stereocenters. The standard InChI is InChI=1S/C23H26F2N8O3S/c1-22(2,3)36-21(35)32-8-7-14-16(11-32)37-20(28-14)30-19(34)29-17-6-4-5-15(27-17)18-31-26-12-33(18)13-9-23(24,25)10-13/h4-6,12-13H,7-11H2,1-3H3,(H2,27,28,29,30,34). The molecule has 1 saturated carbocycles. The van der Waals surface area contributed by atoms with Crippen molar-refractivity contribution >= 4 is 34.4 Å². The van der Waals surface area contributed by atoms with E-state index in [2.05, 4.69) is 30.8 Å². The van der Waals surface area contributed by atoms with Gasteiger partial charge in [-0.2, -0.15) is 0 Å². The molecule has 0 saturated heterocycles. The summed E-state index contributed by atoms with van der Waals surface area (Å²) in [7, 11) is 0. The number of rotatable bonds is 4. The molecule has 3 aromatic heterocycles. The number of alkyl halides is 2. The van der Waals surface area contributed by atoms with Crippen LogP contribution in [0.4, 0.5) is 29.3 Å². The number of halogens is 2. The summed E-state index contributed by atoms with van der Waals surface area (Å²) >= 11 is 1.29. The molecule has 0 spiro atoms. The van der Waals surface area contributed by atoms with Crippen molar-refractivity contribution in [1.29, 1.82) is 0 Å². The Hall–Kier alpha value is -3.68. The van der Waals surface area contributed by atoms with E-state index in [-0.39, 0.29) is 24.8 Å². The third-order valence-corrected chi connectivity index (χ3v) is 6.86. The van der Waals surface area contributed by atoms with Gasteiger partial charge in [-0.25, -0.2) is 28.3 Å². The van der Waals surface area contributed by atoms with E-state index in [1.165, 1.54) is 17.7 Å². The van der Waals surface area contributed by atoms with Gasteiger partial charge in [0, 0.05) is 36.7 Å². The first kappa shape index (κ1) is 25.0. The third kappa shape index (κ3) is 5.68. The molecule has 4 heterocycles. The van der Waals surface area contributed by atoms with Crippen LogP contribution in [-0.4, -0.2) is 59.8 Å². The summed E-state index contributed by atoms with van der Waals surface area (Å²) in [6.45, 7) is 6.30. The molecular weight excluding hydrogens is 506 g/mol. The van der Waals surface area contributed by atoms with Crippen LogP contribution in [0.3, 0.4) is 0 Å². The summed E-state index contributed by atoms with van der Waals surface area (Å²) in [5.41, 5.74) is 0.654. The maximum Gasteiger partial charge on any atom is 0.410 e. The maximum atomic E-state index is 13.3. The van der Waals surface area contributed by atoms with Crippen LogP contribution in [-0.2, 0) is 17.7 Å². The molecule has 0 bridgehead atoms. The highest BCUT2D eigenvalue weighted by molar-refractivity contribution is 7.15. The molecule has 0 unspecified atom stereocenters. The zero-order chi connectivity index (χ0) is 26.4. The molecule has 0 aromatic carbocycles. The molecule has 3 aromatic rings. The monoisotopic (exact) mass is 532 g/mol. The van der Waals surface area contributed by atoms with Crippen molar-refractivity contribution in [3.05, 3.63) is 35.1 Å². The van der Waals surface area contributed by atoms with Crippen LogP contribution in [0.1, 0.15) is 50.2 Å². The molecule has 5 rings (SSSR count). The Balaban J connectivity index is 1.21. The number of carbonyl (C=O) groups is 2. The molecule has 0 radical (unpaired) electrons. The first-order valence-electron chi connectivity index (χ1n) is 11.7. The highest BCUT2D eigenvalue weighted by Gasteiger charge is 2.47. The number of fused-ring (bicyclic) bond motifs is 1. The Morgan fingerprint density at radius 2 is 1.97 bits per heavy atom. The Labute approximate surface area is 215 Å². The lowest BCUT2D eigenvalue weighted by Crippen LogP contribution is -2.39. The van der Waals surface area contributed by atoms with Gasteiger partial charge in [0.05, 0.1) is 12.2 Å². The van der Waals surface area contributed by atoms with E-state index in [1.807, 2.05) is 20.8 Å². The van der Waals surface area contributed by atoms with E-state index in [4.69, 9.17) is 4.74 Å². The summed E-state index contributed by atoms with van der Waals surface area (Å²) in [6.07, 6.45) is 1.05.